The standard InChI is InChI=1S/C24H28N6OS/c1-2-19-15-20-23(25-17-26-24(20)32-19)29-13-11-28(12-14-29)22(31)9-5-6-10-30-21-8-4-3-7-18(21)16-27-30/h3-4,7-8,15-17H,2,5-6,9-14H2,1H3. The lowest BCUT2D eigenvalue weighted by Crippen LogP contribution is -2.49. The number of unbranched alkanes of at least 4 members (excludes halogenated alkanes) is 1. The third-order valence-corrected chi connectivity index (χ3v) is 7.39. The molecule has 1 fully saturated rings. The van der Waals surface area contributed by atoms with Crippen molar-refractivity contribution in [1.29, 1.82) is 0 Å². The SMILES string of the molecule is CCc1cc2c(N3CCN(C(=O)CCCCn4ncc5ccccc54)CC3)ncnc2s1. The van der Waals surface area contributed by atoms with Gasteiger partial charge in [-0.3, -0.25) is 9.48 Å². The Morgan fingerprint density at radius 3 is 2.78 bits per heavy atom. The number of nitrogens with zero attached hydrogens (tertiary/aromatic N) is 6. The van der Waals surface area contributed by atoms with Gasteiger partial charge in [-0.05, 0) is 31.4 Å². The van der Waals surface area contributed by atoms with Crippen LogP contribution < -0.4 is 4.90 Å². The first-order chi connectivity index (χ1) is 15.7. The molecule has 0 radical (unpaired) electrons. The number of rotatable bonds is 7. The zero-order valence-corrected chi connectivity index (χ0v) is 19.2. The van der Waals surface area contributed by atoms with E-state index in [1.165, 1.54) is 4.88 Å². The van der Waals surface area contributed by atoms with Gasteiger partial charge in [0, 0.05) is 49.4 Å². The molecule has 7 nitrogen and oxygen atoms in total. The van der Waals surface area contributed by atoms with E-state index in [2.05, 4.69) is 45.1 Å². The number of hydrogen-bond donors (Lipinski definition) is 0. The summed E-state index contributed by atoms with van der Waals surface area (Å²) in [5.41, 5.74) is 1.16. The van der Waals surface area contributed by atoms with Gasteiger partial charge in [-0.1, -0.05) is 25.1 Å². The second-order valence-corrected chi connectivity index (χ2v) is 9.35. The molecule has 4 aromatic rings. The summed E-state index contributed by atoms with van der Waals surface area (Å²) in [6.07, 6.45) is 7.02. The Kier molecular flexibility index (Phi) is 6.03. The Balaban J connectivity index is 1.11. The van der Waals surface area contributed by atoms with Gasteiger partial charge in [-0.15, -0.1) is 11.3 Å². The Morgan fingerprint density at radius 2 is 1.94 bits per heavy atom. The molecule has 0 spiro atoms. The Morgan fingerprint density at radius 1 is 1.09 bits per heavy atom. The molecule has 1 aromatic carbocycles. The molecule has 1 aliphatic rings. The van der Waals surface area contributed by atoms with E-state index >= 15 is 0 Å². The minimum Gasteiger partial charge on any atom is -0.352 e. The van der Waals surface area contributed by atoms with E-state index in [0.717, 1.165) is 78.9 Å². The van der Waals surface area contributed by atoms with Gasteiger partial charge in [-0.25, -0.2) is 9.97 Å². The van der Waals surface area contributed by atoms with E-state index in [4.69, 9.17) is 0 Å². The van der Waals surface area contributed by atoms with Crippen LogP contribution >= 0.6 is 11.3 Å². The first kappa shape index (κ1) is 20.9. The molecule has 4 heterocycles. The first-order valence-electron chi connectivity index (χ1n) is 11.4. The number of carbonyl (C=O) groups is 1. The lowest BCUT2D eigenvalue weighted by atomic mass is 10.2. The Bertz CT molecular complexity index is 1220. The predicted octanol–water partition coefficient (Wildman–Crippen LogP) is 4.12. The van der Waals surface area contributed by atoms with Crippen LogP contribution in [0.3, 0.4) is 0 Å². The van der Waals surface area contributed by atoms with Crippen LogP contribution in [0.5, 0.6) is 0 Å². The summed E-state index contributed by atoms with van der Waals surface area (Å²) in [6, 6.07) is 10.5. The fraction of sp³-hybridized carbons (Fsp3) is 0.417. The predicted molar refractivity (Wildman–Crippen MR) is 129 cm³/mol. The zero-order chi connectivity index (χ0) is 21.9. The van der Waals surface area contributed by atoms with Crippen LogP contribution in [-0.2, 0) is 17.8 Å². The molecule has 0 saturated carbocycles. The zero-order valence-electron chi connectivity index (χ0n) is 18.4. The van der Waals surface area contributed by atoms with E-state index in [0.29, 0.717) is 6.42 Å². The minimum absolute atomic E-state index is 0.256. The fourth-order valence-corrected chi connectivity index (χ4v) is 5.32. The topological polar surface area (TPSA) is 67.2 Å². The summed E-state index contributed by atoms with van der Waals surface area (Å²) in [7, 11) is 0. The maximum atomic E-state index is 12.7. The number of fused-ring (bicyclic) bond motifs is 2. The molecule has 3 aromatic heterocycles. The second-order valence-electron chi connectivity index (χ2n) is 8.23. The molecule has 32 heavy (non-hydrogen) atoms. The Hall–Kier alpha value is -3.00. The molecular weight excluding hydrogens is 420 g/mol. The van der Waals surface area contributed by atoms with Crippen molar-refractivity contribution >= 4 is 44.2 Å². The van der Waals surface area contributed by atoms with Gasteiger partial charge >= 0.3 is 0 Å². The smallest absolute Gasteiger partial charge is 0.222 e. The number of amides is 1. The highest BCUT2D eigenvalue weighted by Gasteiger charge is 2.23. The number of para-hydroxylation sites is 1. The quantitative estimate of drug-likeness (QED) is 0.398. The van der Waals surface area contributed by atoms with Crippen molar-refractivity contribution in [3.63, 3.8) is 0 Å². The highest BCUT2D eigenvalue weighted by atomic mass is 32.1. The lowest BCUT2D eigenvalue weighted by Gasteiger charge is -2.35. The molecule has 0 N–H and O–H groups in total. The molecule has 1 aliphatic heterocycles. The number of piperazine rings is 1. The monoisotopic (exact) mass is 448 g/mol. The van der Waals surface area contributed by atoms with E-state index in [-0.39, 0.29) is 5.91 Å². The minimum atomic E-state index is 0.256. The van der Waals surface area contributed by atoms with Crippen LogP contribution in [-0.4, -0.2) is 56.7 Å². The van der Waals surface area contributed by atoms with Gasteiger partial charge < -0.3 is 9.80 Å². The number of hydrogen-bond acceptors (Lipinski definition) is 6. The van der Waals surface area contributed by atoms with E-state index in [9.17, 15) is 4.79 Å². The maximum absolute atomic E-state index is 12.7. The first-order valence-corrected chi connectivity index (χ1v) is 12.2. The number of thiophene rings is 1. The summed E-state index contributed by atoms with van der Waals surface area (Å²) in [5.74, 6) is 1.26. The van der Waals surface area contributed by atoms with Crippen molar-refractivity contribution in [3.05, 3.63) is 47.7 Å². The molecule has 166 valence electrons. The number of benzene rings is 1. The molecular formula is C24H28N6OS. The molecule has 8 heteroatoms. The molecule has 0 atom stereocenters. The largest absolute Gasteiger partial charge is 0.352 e. The van der Waals surface area contributed by atoms with E-state index in [1.807, 2.05) is 27.9 Å². The normalized spacial score (nSPS) is 14.5. The fourth-order valence-electron chi connectivity index (χ4n) is 4.39. The van der Waals surface area contributed by atoms with Gasteiger partial charge in [0.05, 0.1) is 17.1 Å². The van der Waals surface area contributed by atoms with Crippen molar-refractivity contribution in [2.24, 2.45) is 0 Å². The third kappa shape index (κ3) is 4.19. The van der Waals surface area contributed by atoms with Gasteiger partial charge in [0.2, 0.25) is 5.91 Å². The number of aryl methyl sites for hydroxylation is 2. The number of anilines is 1. The van der Waals surface area contributed by atoms with Crippen LogP contribution in [0, 0.1) is 0 Å². The molecule has 0 aliphatic carbocycles. The maximum Gasteiger partial charge on any atom is 0.222 e. The summed E-state index contributed by atoms with van der Waals surface area (Å²) < 4.78 is 2.04. The second kappa shape index (κ2) is 9.24. The van der Waals surface area contributed by atoms with Crippen LogP contribution in [0.1, 0.15) is 31.1 Å². The molecule has 0 bridgehead atoms. The van der Waals surface area contributed by atoms with Crippen molar-refractivity contribution in [2.75, 3.05) is 31.1 Å². The van der Waals surface area contributed by atoms with Crippen LogP contribution in [0.4, 0.5) is 5.82 Å². The van der Waals surface area contributed by atoms with Gasteiger partial charge in [0.15, 0.2) is 0 Å². The van der Waals surface area contributed by atoms with Crippen LogP contribution in [0.2, 0.25) is 0 Å². The lowest BCUT2D eigenvalue weighted by molar-refractivity contribution is -0.131. The van der Waals surface area contributed by atoms with E-state index in [1.54, 1.807) is 17.7 Å². The molecule has 5 rings (SSSR count). The summed E-state index contributed by atoms with van der Waals surface area (Å²) in [5, 5.41) is 6.78. The van der Waals surface area contributed by atoms with Crippen LogP contribution in [0.15, 0.2) is 42.9 Å². The van der Waals surface area contributed by atoms with Crippen molar-refractivity contribution in [1.82, 2.24) is 24.6 Å². The molecule has 0 unspecified atom stereocenters. The molecule has 1 saturated heterocycles. The highest BCUT2D eigenvalue weighted by Crippen LogP contribution is 2.31. The Labute approximate surface area is 191 Å². The van der Waals surface area contributed by atoms with Crippen molar-refractivity contribution < 1.29 is 4.79 Å². The number of aromatic nitrogens is 4. The number of carbonyl (C=O) groups excluding carboxylic acids is 1. The van der Waals surface area contributed by atoms with Gasteiger partial charge in [0.25, 0.3) is 0 Å². The third-order valence-electron chi connectivity index (χ3n) is 6.20. The average molecular weight is 449 g/mol. The summed E-state index contributed by atoms with van der Waals surface area (Å²) >= 11 is 1.74. The van der Waals surface area contributed by atoms with Gasteiger partial charge in [0.1, 0.15) is 17.0 Å². The van der Waals surface area contributed by atoms with Crippen molar-refractivity contribution in [2.45, 2.75) is 39.2 Å². The summed E-state index contributed by atoms with van der Waals surface area (Å²) in [4.78, 5) is 28.4. The average Bonchev–Trinajstić information content (AvgIpc) is 3.45. The van der Waals surface area contributed by atoms with Crippen molar-refractivity contribution in [3.8, 4) is 0 Å². The van der Waals surface area contributed by atoms with E-state index < -0.39 is 0 Å². The highest BCUT2D eigenvalue weighted by molar-refractivity contribution is 7.18. The van der Waals surface area contributed by atoms with Crippen LogP contribution in [0.25, 0.3) is 21.1 Å². The molecule has 1 amide bonds. The van der Waals surface area contributed by atoms with Gasteiger partial charge in [-0.2, -0.15) is 5.10 Å². The summed E-state index contributed by atoms with van der Waals surface area (Å²) in [6.45, 7) is 6.14.